The average molecular weight is 357 g/mol. The highest BCUT2D eigenvalue weighted by molar-refractivity contribution is 5.78. The van der Waals surface area contributed by atoms with Crippen LogP contribution in [0.5, 0.6) is 0 Å². The van der Waals surface area contributed by atoms with E-state index in [1.807, 2.05) is 17.9 Å². The molecule has 2 N–H and O–H groups in total. The first-order valence-electron chi connectivity index (χ1n) is 8.82. The fourth-order valence-electron chi connectivity index (χ4n) is 3.07. The van der Waals surface area contributed by atoms with Crippen LogP contribution in [0.25, 0.3) is 0 Å². The van der Waals surface area contributed by atoms with Crippen LogP contribution in [-0.4, -0.2) is 41.6 Å². The Labute approximate surface area is 152 Å². The molecule has 1 aromatic heterocycles. The second-order valence-electron chi connectivity index (χ2n) is 6.25. The Kier molecular flexibility index (Phi) is 5.55. The van der Waals surface area contributed by atoms with E-state index in [2.05, 4.69) is 9.89 Å². The normalized spacial score (nSPS) is 15.4. The van der Waals surface area contributed by atoms with E-state index in [1.54, 1.807) is 29.0 Å². The van der Waals surface area contributed by atoms with Gasteiger partial charge in [0.05, 0.1) is 6.54 Å². The highest BCUT2D eigenvalue weighted by Gasteiger charge is 2.18. The predicted molar refractivity (Wildman–Crippen MR) is 102 cm³/mol. The first-order valence-corrected chi connectivity index (χ1v) is 8.82. The summed E-state index contributed by atoms with van der Waals surface area (Å²) in [5, 5.41) is 0. The molecule has 1 fully saturated rings. The van der Waals surface area contributed by atoms with Gasteiger partial charge in [-0.2, -0.15) is 0 Å². The Morgan fingerprint density at radius 1 is 1.15 bits per heavy atom. The number of aryl methyl sites for hydroxylation is 1. The first kappa shape index (κ1) is 18.0. The number of anilines is 1. The maximum absolute atomic E-state index is 13.0. The summed E-state index contributed by atoms with van der Waals surface area (Å²) in [7, 11) is 0. The SMILES string of the molecule is CCn1cccc(CN=C(N)N2CCN(c3ccc(F)cc3)CC2)c1=O. The van der Waals surface area contributed by atoms with Crippen molar-refractivity contribution in [3.63, 3.8) is 0 Å². The minimum atomic E-state index is -0.230. The van der Waals surface area contributed by atoms with Crippen LogP contribution in [0.15, 0.2) is 52.4 Å². The summed E-state index contributed by atoms with van der Waals surface area (Å²) < 4.78 is 14.7. The zero-order chi connectivity index (χ0) is 18.5. The van der Waals surface area contributed by atoms with E-state index in [9.17, 15) is 9.18 Å². The lowest BCUT2D eigenvalue weighted by atomic mass is 10.2. The van der Waals surface area contributed by atoms with Gasteiger partial charge in [-0.15, -0.1) is 0 Å². The number of piperazine rings is 1. The molecule has 0 aliphatic carbocycles. The topological polar surface area (TPSA) is 66.9 Å². The van der Waals surface area contributed by atoms with Gasteiger partial charge in [0, 0.05) is 50.2 Å². The quantitative estimate of drug-likeness (QED) is 0.667. The minimum absolute atomic E-state index is 0.0207. The van der Waals surface area contributed by atoms with Crippen molar-refractivity contribution < 1.29 is 4.39 Å². The van der Waals surface area contributed by atoms with Gasteiger partial charge in [-0.25, -0.2) is 9.38 Å². The molecule has 1 saturated heterocycles. The standard InChI is InChI=1S/C19H24FN5O/c1-2-23-9-3-4-15(18(23)26)14-22-19(21)25-12-10-24(11-13-25)17-7-5-16(20)6-8-17/h3-9H,2,10-14H2,1H3,(H2,21,22). The van der Waals surface area contributed by atoms with E-state index in [0.717, 1.165) is 31.9 Å². The molecule has 26 heavy (non-hydrogen) atoms. The van der Waals surface area contributed by atoms with E-state index in [-0.39, 0.29) is 17.9 Å². The fourth-order valence-corrected chi connectivity index (χ4v) is 3.07. The predicted octanol–water partition coefficient (Wildman–Crippen LogP) is 1.64. The Hall–Kier alpha value is -2.83. The van der Waals surface area contributed by atoms with Crippen molar-refractivity contribution in [2.24, 2.45) is 10.7 Å². The van der Waals surface area contributed by atoms with E-state index in [4.69, 9.17) is 5.73 Å². The Bertz CT molecular complexity index is 823. The summed E-state index contributed by atoms with van der Waals surface area (Å²) in [6.45, 7) is 5.90. The van der Waals surface area contributed by atoms with E-state index < -0.39 is 0 Å². The van der Waals surface area contributed by atoms with Gasteiger partial charge in [0.2, 0.25) is 0 Å². The molecule has 1 aliphatic rings. The zero-order valence-electron chi connectivity index (χ0n) is 14.9. The number of benzene rings is 1. The molecule has 6 nitrogen and oxygen atoms in total. The van der Waals surface area contributed by atoms with Gasteiger partial charge in [0.1, 0.15) is 5.82 Å². The highest BCUT2D eigenvalue weighted by Crippen LogP contribution is 2.16. The summed E-state index contributed by atoms with van der Waals surface area (Å²) in [5.74, 6) is 0.224. The third-order valence-corrected chi connectivity index (χ3v) is 4.65. The van der Waals surface area contributed by atoms with Crippen molar-refractivity contribution in [2.45, 2.75) is 20.0 Å². The number of aliphatic imine (C=N–C) groups is 1. The maximum Gasteiger partial charge on any atom is 0.255 e. The van der Waals surface area contributed by atoms with Crippen LogP contribution in [0.3, 0.4) is 0 Å². The molecule has 0 radical (unpaired) electrons. The van der Waals surface area contributed by atoms with Crippen LogP contribution in [-0.2, 0) is 13.1 Å². The van der Waals surface area contributed by atoms with E-state index in [1.165, 1.54) is 12.1 Å². The first-order chi connectivity index (χ1) is 12.6. The number of nitrogens with two attached hydrogens (primary N) is 1. The summed E-state index contributed by atoms with van der Waals surface area (Å²) in [5.41, 5.74) is 7.75. The molecule has 7 heteroatoms. The molecule has 138 valence electrons. The molecule has 2 aromatic rings. The van der Waals surface area contributed by atoms with Crippen LogP contribution in [0, 0.1) is 5.82 Å². The highest BCUT2D eigenvalue weighted by atomic mass is 19.1. The number of rotatable bonds is 4. The van der Waals surface area contributed by atoms with Gasteiger partial charge in [-0.3, -0.25) is 4.79 Å². The zero-order valence-corrected chi connectivity index (χ0v) is 14.9. The van der Waals surface area contributed by atoms with Gasteiger partial charge in [0.15, 0.2) is 5.96 Å². The number of hydrogen-bond donors (Lipinski definition) is 1. The molecule has 0 bridgehead atoms. The van der Waals surface area contributed by atoms with Crippen LogP contribution in [0.1, 0.15) is 12.5 Å². The molecule has 1 aliphatic heterocycles. The average Bonchev–Trinajstić information content (AvgIpc) is 2.68. The molecular formula is C19H24FN5O. The number of nitrogens with zero attached hydrogens (tertiary/aromatic N) is 4. The molecule has 0 spiro atoms. The van der Waals surface area contributed by atoms with Crippen LogP contribution in [0.4, 0.5) is 10.1 Å². The number of pyridine rings is 1. The second-order valence-corrected chi connectivity index (χ2v) is 6.25. The van der Waals surface area contributed by atoms with E-state index in [0.29, 0.717) is 18.1 Å². The van der Waals surface area contributed by atoms with Crippen LogP contribution >= 0.6 is 0 Å². The van der Waals surface area contributed by atoms with Crippen molar-refractivity contribution in [1.82, 2.24) is 9.47 Å². The third-order valence-electron chi connectivity index (χ3n) is 4.65. The van der Waals surface area contributed by atoms with Gasteiger partial charge < -0.3 is 20.1 Å². The lowest BCUT2D eigenvalue weighted by molar-refractivity contribution is 0.380. The van der Waals surface area contributed by atoms with Gasteiger partial charge in [-0.05, 0) is 37.3 Å². The summed E-state index contributed by atoms with van der Waals surface area (Å²) >= 11 is 0. The lowest BCUT2D eigenvalue weighted by Crippen LogP contribution is -2.51. The van der Waals surface area contributed by atoms with Crippen molar-refractivity contribution in [1.29, 1.82) is 0 Å². The summed E-state index contributed by atoms with van der Waals surface area (Å²) in [4.78, 5) is 20.8. The smallest absolute Gasteiger partial charge is 0.255 e. The molecule has 0 amide bonds. The molecular weight excluding hydrogens is 333 g/mol. The lowest BCUT2D eigenvalue weighted by Gasteiger charge is -2.36. The van der Waals surface area contributed by atoms with E-state index >= 15 is 0 Å². The van der Waals surface area contributed by atoms with Crippen molar-refractivity contribution >= 4 is 11.6 Å². The summed E-state index contributed by atoms with van der Waals surface area (Å²) in [6, 6.07) is 10.2. The monoisotopic (exact) mass is 357 g/mol. The van der Waals surface area contributed by atoms with Crippen molar-refractivity contribution in [3.8, 4) is 0 Å². The molecule has 0 atom stereocenters. The molecule has 2 heterocycles. The minimum Gasteiger partial charge on any atom is -0.370 e. The Morgan fingerprint density at radius 2 is 1.85 bits per heavy atom. The Balaban J connectivity index is 1.59. The van der Waals surface area contributed by atoms with Gasteiger partial charge in [-0.1, -0.05) is 6.07 Å². The van der Waals surface area contributed by atoms with Gasteiger partial charge >= 0.3 is 0 Å². The van der Waals surface area contributed by atoms with Crippen LogP contribution < -0.4 is 16.2 Å². The fraction of sp³-hybridized carbons (Fsp3) is 0.368. The second kappa shape index (κ2) is 8.03. The van der Waals surface area contributed by atoms with Gasteiger partial charge in [0.25, 0.3) is 5.56 Å². The van der Waals surface area contributed by atoms with Crippen molar-refractivity contribution in [2.75, 3.05) is 31.1 Å². The maximum atomic E-state index is 13.0. The number of halogens is 1. The third kappa shape index (κ3) is 4.04. The number of hydrogen-bond acceptors (Lipinski definition) is 3. The Morgan fingerprint density at radius 3 is 2.50 bits per heavy atom. The molecule has 0 saturated carbocycles. The molecule has 3 rings (SSSR count). The molecule has 1 aromatic carbocycles. The summed E-state index contributed by atoms with van der Waals surface area (Å²) in [6.07, 6.45) is 1.77. The number of guanidine groups is 1. The van der Waals surface area contributed by atoms with Crippen molar-refractivity contribution in [3.05, 3.63) is 64.3 Å². The largest absolute Gasteiger partial charge is 0.370 e. The van der Waals surface area contributed by atoms with Crippen LogP contribution in [0.2, 0.25) is 0 Å². The number of aromatic nitrogens is 1. The molecule has 0 unspecified atom stereocenters.